The van der Waals surface area contributed by atoms with Gasteiger partial charge in [0.05, 0.1) is 30.8 Å². The van der Waals surface area contributed by atoms with Crippen LogP contribution in [-0.4, -0.2) is 184 Å². The highest BCUT2D eigenvalue weighted by Crippen LogP contribution is 2.34. The molecule has 0 aromatic carbocycles. The highest BCUT2D eigenvalue weighted by Gasteiger charge is 2.54. The molecule has 278 valence electrons. The summed E-state index contributed by atoms with van der Waals surface area (Å²) >= 11 is 0. The van der Waals surface area contributed by atoms with Crippen molar-refractivity contribution in [2.45, 2.75) is 123 Å². The molecule has 1 amide bonds. The number of nitrogens with two attached hydrogens (primary N) is 6. The number of nitrogens with one attached hydrogen (secondary N) is 1. The standard InChI is InChI=1S/C27H51N7O14/c28-4-8-1-2-9(31)25(43-8)46-21-10(32)3-11(34-24(42)17(38)12(36)5-29)16(37)23(21)48-27-20(41)22(14(7-35)45-27)47-26-15(33)19(40)18(39)13(6-30)44-26/h1-2,8-23,25-27,35-41H,3-7,28-33H2,(H,34,42)/t8-,9+,10-,11+,12-,13-,14+,15+,16-,17-,18+,19+,20+,21+,22+,23+,25+,26+,27-/m0/s1. The van der Waals surface area contributed by atoms with Crippen molar-refractivity contribution in [1.82, 2.24) is 5.32 Å². The Labute approximate surface area is 276 Å². The van der Waals surface area contributed by atoms with Crippen LogP contribution in [-0.2, 0) is 33.2 Å². The summed E-state index contributed by atoms with van der Waals surface area (Å²) in [6.45, 7) is -1.20. The lowest BCUT2D eigenvalue weighted by Gasteiger charge is -2.46. The Hall–Kier alpha value is -1.55. The van der Waals surface area contributed by atoms with Crippen molar-refractivity contribution in [2.75, 3.05) is 26.2 Å². The molecule has 4 rings (SSSR count). The van der Waals surface area contributed by atoms with Gasteiger partial charge < -0.3 is 104 Å². The van der Waals surface area contributed by atoms with Crippen LogP contribution in [0.15, 0.2) is 12.2 Å². The van der Waals surface area contributed by atoms with E-state index in [9.17, 15) is 40.5 Å². The predicted octanol–water partition coefficient (Wildman–Crippen LogP) is -9.22. The van der Waals surface area contributed by atoms with E-state index >= 15 is 0 Å². The number of aliphatic hydroxyl groups is 7. The number of aliphatic hydroxyl groups excluding tert-OH is 7. The van der Waals surface area contributed by atoms with Gasteiger partial charge in [-0.2, -0.15) is 0 Å². The van der Waals surface area contributed by atoms with Crippen LogP contribution in [0.1, 0.15) is 6.42 Å². The smallest absolute Gasteiger partial charge is 0.251 e. The summed E-state index contributed by atoms with van der Waals surface area (Å²) in [7, 11) is 0. The van der Waals surface area contributed by atoms with Crippen LogP contribution in [0.5, 0.6) is 0 Å². The first-order valence-electron chi connectivity index (χ1n) is 15.7. The third-order valence-electron chi connectivity index (χ3n) is 8.95. The van der Waals surface area contributed by atoms with Gasteiger partial charge in [-0.1, -0.05) is 12.2 Å². The molecular weight excluding hydrogens is 646 g/mol. The summed E-state index contributed by atoms with van der Waals surface area (Å²) in [5.41, 5.74) is 35.4. The summed E-state index contributed by atoms with van der Waals surface area (Å²) in [5.74, 6) is -1.05. The van der Waals surface area contributed by atoms with Gasteiger partial charge in [0.2, 0.25) is 0 Å². The van der Waals surface area contributed by atoms with E-state index in [-0.39, 0.29) is 19.5 Å². The van der Waals surface area contributed by atoms with Crippen molar-refractivity contribution in [2.24, 2.45) is 34.4 Å². The molecule has 4 aliphatic rings. The zero-order chi connectivity index (χ0) is 35.4. The third-order valence-corrected chi connectivity index (χ3v) is 8.95. The monoisotopic (exact) mass is 697 g/mol. The van der Waals surface area contributed by atoms with Crippen LogP contribution in [0.3, 0.4) is 0 Å². The maximum atomic E-state index is 12.7. The van der Waals surface area contributed by atoms with Crippen LogP contribution in [0.2, 0.25) is 0 Å². The van der Waals surface area contributed by atoms with E-state index in [1.54, 1.807) is 12.2 Å². The molecule has 20 N–H and O–H groups in total. The average Bonchev–Trinajstić information content (AvgIpc) is 3.37. The summed E-state index contributed by atoms with van der Waals surface area (Å²) in [6.07, 6.45) is -17.6. The second kappa shape index (κ2) is 17.1. The molecule has 19 atom stereocenters. The molecular formula is C27H51N7O14. The lowest BCUT2D eigenvalue weighted by Crippen LogP contribution is -2.67. The Bertz CT molecular complexity index is 1070. The van der Waals surface area contributed by atoms with Crippen LogP contribution in [0, 0.1) is 0 Å². The first-order valence-corrected chi connectivity index (χ1v) is 15.7. The molecule has 0 aromatic rings. The van der Waals surface area contributed by atoms with Crippen molar-refractivity contribution in [3.05, 3.63) is 12.2 Å². The van der Waals surface area contributed by atoms with E-state index in [4.69, 9.17) is 62.8 Å². The summed E-state index contributed by atoms with van der Waals surface area (Å²) < 4.78 is 35.2. The van der Waals surface area contributed by atoms with Gasteiger partial charge in [-0.3, -0.25) is 4.79 Å². The molecule has 2 saturated heterocycles. The molecule has 1 saturated carbocycles. The minimum absolute atomic E-state index is 0.107. The van der Waals surface area contributed by atoms with E-state index in [0.717, 1.165) is 0 Å². The molecule has 21 heteroatoms. The molecule has 0 unspecified atom stereocenters. The number of carbonyl (C=O) groups excluding carboxylic acids is 1. The first kappa shape index (κ1) is 39.2. The molecule has 48 heavy (non-hydrogen) atoms. The lowest BCUT2D eigenvalue weighted by molar-refractivity contribution is -0.284. The minimum Gasteiger partial charge on any atom is -0.394 e. The topological polar surface area (TPSA) is 382 Å². The van der Waals surface area contributed by atoms with Crippen molar-refractivity contribution in [3.63, 3.8) is 0 Å². The Morgan fingerprint density at radius 3 is 2.06 bits per heavy atom. The van der Waals surface area contributed by atoms with E-state index in [0.29, 0.717) is 0 Å². The molecule has 0 aromatic heterocycles. The van der Waals surface area contributed by atoms with Crippen molar-refractivity contribution in [3.8, 4) is 0 Å². The number of rotatable bonds is 13. The molecule has 3 fully saturated rings. The average molecular weight is 698 g/mol. The van der Waals surface area contributed by atoms with Gasteiger partial charge in [-0.05, 0) is 6.42 Å². The van der Waals surface area contributed by atoms with Gasteiger partial charge in [0.1, 0.15) is 61.0 Å². The first-order chi connectivity index (χ1) is 22.8. The normalized spacial score (nSPS) is 46.3. The van der Waals surface area contributed by atoms with Gasteiger partial charge in [-0.15, -0.1) is 0 Å². The molecule has 0 radical (unpaired) electrons. The highest BCUT2D eigenvalue weighted by atomic mass is 16.8. The Balaban J connectivity index is 1.56. The summed E-state index contributed by atoms with van der Waals surface area (Å²) in [6, 6.07) is -4.23. The molecule has 1 aliphatic carbocycles. The largest absolute Gasteiger partial charge is 0.394 e. The van der Waals surface area contributed by atoms with Crippen LogP contribution in [0.4, 0.5) is 0 Å². The van der Waals surface area contributed by atoms with Gasteiger partial charge in [0.25, 0.3) is 5.91 Å². The van der Waals surface area contributed by atoms with E-state index in [1.807, 2.05) is 0 Å². The third kappa shape index (κ3) is 8.48. The molecule has 3 aliphatic heterocycles. The fourth-order valence-electron chi connectivity index (χ4n) is 6.06. The minimum atomic E-state index is -1.92. The van der Waals surface area contributed by atoms with Crippen molar-refractivity contribution in [1.29, 1.82) is 0 Å². The SMILES string of the molecule is NC[C@@H]1O[C@H](O[C@H]2[C@@H](O)[C@H](O[C@@H]3[C@@H](O)[C@H](NC(=O)[C@@H](O)[C@@H](O)CN)C[C@H](N)[C@H]3O[C@H]3O[C@H](CN)C=C[C@H]3N)O[C@@H]2CO)[C@H](N)[C@@H](O)[C@@H]1O. The molecule has 21 nitrogen and oxygen atoms in total. The van der Waals surface area contributed by atoms with Crippen molar-refractivity contribution >= 4 is 5.91 Å². The van der Waals surface area contributed by atoms with Crippen LogP contribution < -0.4 is 39.7 Å². The zero-order valence-electron chi connectivity index (χ0n) is 26.1. The van der Waals surface area contributed by atoms with Crippen LogP contribution >= 0.6 is 0 Å². The lowest BCUT2D eigenvalue weighted by atomic mass is 9.83. The van der Waals surface area contributed by atoms with Gasteiger partial charge in [0, 0.05) is 25.7 Å². The second-order valence-corrected chi connectivity index (χ2v) is 12.3. The fraction of sp³-hybridized carbons (Fsp3) is 0.889. The maximum Gasteiger partial charge on any atom is 0.251 e. The van der Waals surface area contributed by atoms with E-state index < -0.39 is 135 Å². The zero-order valence-corrected chi connectivity index (χ0v) is 26.1. The van der Waals surface area contributed by atoms with E-state index in [2.05, 4.69) is 5.32 Å². The summed E-state index contributed by atoms with van der Waals surface area (Å²) in [4.78, 5) is 12.7. The number of carbonyl (C=O) groups is 1. The molecule has 3 heterocycles. The summed E-state index contributed by atoms with van der Waals surface area (Å²) in [5, 5.41) is 75.8. The second-order valence-electron chi connectivity index (χ2n) is 12.3. The Morgan fingerprint density at radius 2 is 1.44 bits per heavy atom. The van der Waals surface area contributed by atoms with Crippen molar-refractivity contribution < 1.29 is 69.0 Å². The molecule has 0 bridgehead atoms. The molecule has 0 spiro atoms. The predicted molar refractivity (Wildman–Crippen MR) is 161 cm³/mol. The van der Waals surface area contributed by atoms with Gasteiger partial charge in [0.15, 0.2) is 25.0 Å². The van der Waals surface area contributed by atoms with Crippen LogP contribution in [0.25, 0.3) is 0 Å². The number of amides is 1. The Morgan fingerprint density at radius 1 is 0.792 bits per heavy atom. The number of ether oxygens (including phenoxy) is 6. The fourth-order valence-corrected chi connectivity index (χ4v) is 6.06. The Kier molecular flexibility index (Phi) is 14.0. The van der Waals surface area contributed by atoms with E-state index in [1.165, 1.54) is 0 Å². The van der Waals surface area contributed by atoms with Gasteiger partial charge >= 0.3 is 0 Å². The quantitative estimate of drug-likeness (QED) is 0.0794. The number of hydrogen-bond acceptors (Lipinski definition) is 20. The highest BCUT2D eigenvalue weighted by molar-refractivity contribution is 5.81. The number of hydrogen-bond donors (Lipinski definition) is 14. The maximum absolute atomic E-state index is 12.7. The van der Waals surface area contributed by atoms with Gasteiger partial charge in [-0.25, -0.2) is 0 Å².